The van der Waals surface area contributed by atoms with Crippen LogP contribution in [-0.2, 0) is 5.41 Å². The van der Waals surface area contributed by atoms with E-state index in [0.717, 1.165) is 50.1 Å². The zero-order chi connectivity index (χ0) is 28.5. The van der Waals surface area contributed by atoms with E-state index in [1.807, 2.05) is 18.2 Å². The average Bonchev–Trinajstić information content (AvgIpc) is 3.57. The Morgan fingerprint density at radius 1 is 0.651 bits per heavy atom. The van der Waals surface area contributed by atoms with Crippen LogP contribution < -0.4 is 4.90 Å². The molecule has 0 amide bonds. The quantitative estimate of drug-likeness (QED) is 0.218. The highest BCUT2D eigenvalue weighted by Crippen LogP contribution is 2.64. The van der Waals surface area contributed by atoms with E-state index in [1.165, 1.54) is 16.7 Å². The fourth-order valence-electron chi connectivity index (χ4n) is 7.28. The highest BCUT2D eigenvalue weighted by Gasteiger charge is 2.56. The Labute approximate surface area is 249 Å². The van der Waals surface area contributed by atoms with E-state index in [2.05, 4.69) is 133 Å². The fraction of sp³-hybridized carbons (Fsp3) is 0.0769. The van der Waals surface area contributed by atoms with Gasteiger partial charge in [0.1, 0.15) is 17.4 Å². The SMILES string of the molecule is CC12C(c3ccccc3)=Cc3c(oc4ccccc34)C1N(c1nc(-c3ccccc3)c3ccccc3n1)c1ccccc12. The summed E-state index contributed by atoms with van der Waals surface area (Å²) in [5.41, 5.74) is 9.28. The van der Waals surface area contributed by atoms with Gasteiger partial charge in [0.2, 0.25) is 5.95 Å². The van der Waals surface area contributed by atoms with Gasteiger partial charge in [0.15, 0.2) is 0 Å². The largest absolute Gasteiger partial charge is 0.458 e. The third-order valence-electron chi connectivity index (χ3n) is 9.23. The second-order valence-electron chi connectivity index (χ2n) is 11.5. The van der Waals surface area contributed by atoms with Gasteiger partial charge < -0.3 is 4.42 Å². The number of para-hydroxylation sites is 3. The second-order valence-corrected chi connectivity index (χ2v) is 11.5. The molecule has 4 heteroatoms. The summed E-state index contributed by atoms with van der Waals surface area (Å²) in [6.45, 7) is 2.35. The van der Waals surface area contributed by atoms with Gasteiger partial charge in [-0.3, -0.25) is 4.90 Å². The number of rotatable bonds is 3. The number of fused-ring (bicyclic) bond motifs is 8. The van der Waals surface area contributed by atoms with Gasteiger partial charge in [0.25, 0.3) is 0 Å². The van der Waals surface area contributed by atoms with Crippen molar-refractivity contribution in [1.82, 2.24) is 9.97 Å². The molecule has 0 saturated heterocycles. The number of benzene rings is 5. The Bertz CT molecular complexity index is 2220. The van der Waals surface area contributed by atoms with Crippen molar-refractivity contribution in [1.29, 1.82) is 0 Å². The first kappa shape index (κ1) is 24.2. The van der Waals surface area contributed by atoms with Crippen molar-refractivity contribution < 1.29 is 4.42 Å². The third kappa shape index (κ3) is 3.38. The van der Waals surface area contributed by atoms with E-state index in [1.54, 1.807) is 0 Å². The van der Waals surface area contributed by atoms with E-state index in [0.29, 0.717) is 5.95 Å². The van der Waals surface area contributed by atoms with Gasteiger partial charge in [0.05, 0.1) is 11.2 Å². The van der Waals surface area contributed by atoms with E-state index >= 15 is 0 Å². The molecule has 0 radical (unpaired) electrons. The molecule has 4 nitrogen and oxygen atoms in total. The van der Waals surface area contributed by atoms with Crippen molar-refractivity contribution in [2.45, 2.75) is 18.4 Å². The first-order valence-corrected chi connectivity index (χ1v) is 14.7. The summed E-state index contributed by atoms with van der Waals surface area (Å²) in [5.74, 6) is 1.61. The Morgan fingerprint density at radius 2 is 1.30 bits per heavy atom. The molecule has 0 N–H and O–H groups in total. The van der Waals surface area contributed by atoms with Crippen LogP contribution in [0.1, 0.15) is 35.4 Å². The molecule has 2 aromatic heterocycles. The minimum absolute atomic E-state index is 0.197. The summed E-state index contributed by atoms with van der Waals surface area (Å²) in [6, 6.07) is 46.3. The van der Waals surface area contributed by atoms with Gasteiger partial charge in [0, 0.05) is 33.0 Å². The van der Waals surface area contributed by atoms with Gasteiger partial charge in [-0.2, -0.15) is 0 Å². The molecular weight excluding hydrogens is 526 g/mol. The predicted molar refractivity (Wildman–Crippen MR) is 174 cm³/mol. The van der Waals surface area contributed by atoms with Crippen molar-refractivity contribution in [3.05, 3.63) is 156 Å². The Hall–Kier alpha value is -5.48. The lowest BCUT2D eigenvalue weighted by atomic mass is 9.66. The maximum absolute atomic E-state index is 6.80. The smallest absolute Gasteiger partial charge is 0.231 e. The lowest BCUT2D eigenvalue weighted by Gasteiger charge is -2.40. The molecule has 2 unspecified atom stereocenters. The monoisotopic (exact) mass is 553 g/mol. The molecular formula is C39H27N3O. The molecule has 0 saturated carbocycles. The molecule has 3 heterocycles. The molecule has 0 bridgehead atoms. The molecule has 0 fully saturated rings. The summed E-state index contributed by atoms with van der Waals surface area (Å²) in [6.07, 6.45) is 2.35. The molecule has 43 heavy (non-hydrogen) atoms. The lowest BCUT2D eigenvalue weighted by molar-refractivity contribution is 0.416. The number of aromatic nitrogens is 2. The van der Waals surface area contributed by atoms with Gasteiger partial charge in [-0.05, 0) is 47.9 Å². The Balaban J connectivity index is 1.37. The zero-order valence-electron chi connectivity index (χ0n) is 23.6. The van der Waals surface area contributed by atoms with Crippen LogP contribution >= 0.6 is 0 Å². The van der Waals surface area contributed by atoms with Crippen LogP contribution in [0.15, 0.2) is 138 Å². The maximum Gasteiger partial charge on any atom is 0.231 e. The standard InChI is InChI=1S/C39H27N3O/c1-39-30-20-10-12-22-33(30)42(38-40-32-21-11-8-19-28(32)35(41-38)26-16-6-3-7-17-26)37(39)36-29(27-18-9-13-23-34(27)43-36)24-31(39)25-14-4-2-5-15-25/h2-24,37H,1H3. The maximum atomic E-state index is 6.80. The molecule has 1 aliphatic carbocycles. The molecule has 204 valence electrons. The van der Waals surface area contributed by atoms with E-state index in [-0.39, 0.29) is 6.04 Å². The molecule has 0 spiro atoms. The zero-order valence-corrected chi connectivity index (χ0v) is 23.6. The van der Waals surface area contributed by atoms with Crippen LogP contribution in [0.5, 0.6) is 0 Å². The average molecular weight is 554 g/mol. The Kier molecular flexibility index (Phi) is 5.06. The van der Waals surface area contributed by atoms with Crippen molar-refractivity contribution in [3.8, 4) is 11.3 Å². The number of hydrogen-bond acceptors (Lipinski definition) is 4. The summed E-state index contributed by atoms with van der Waals surface area (Å²) >= 11 is 0. The second kappa shape index (κ2) is 9.01. The highest BCUT2D eigenvalue weighted by molar-refractivity contribution is 6.02. The summed E-state index contributed by atoms with van der Waals surface area (Å²) < 4.78 is 6.80. The van der Waals surface area contributed by atoms with Crippen LogP contribution in [0.2, 0.25) is 0 Å². The normalized spacial score (nSPS) is 18.8. The summed E-state index contributed by atoms with van der Waals surface area (Å²) in [5, 5.41) is 2.15. The number of nitrogens with zero attached hydrogens (tertiary/aromatic N) is 3. The topological polar surface area (TPSA) is 42.2 Å². The number of furan rings is 1. The molecule has 7 aromatic rings. The van der Waals surface area contributed by atoms with Crippen LogP contribution in [0, 0.1) is 0 Å². The molecule has 9 rings (SSSR count). The Morgan fingerprint density at radius 3 is 2.12 bits per heavy atom. The number of hydrogen-bond donors (Lipinski definition) is 0. The van der Waals surface area contributed by atoms with Crippen molar-refractivity contribution >= 4 is 45.2 Å². The molecule has 2 atom stereocenters. The minimum Gasteiger partial charge on any atom is -0.458 e. The molecule has 5 aromatic carbocycles. The first-order valence-electron chi connectivity index (χ1n) is 14.7. The summed E-state index contributed by atoms with van der Waals surface area (Å²) in [4.78, 5) is 12.9. The van der Waals surface area contributed by atoms with E-state index < -0.39 is 5.41 Å². The van der Waals surface area contributed by atoms with E-state index in [9.17, 15) is 0 Å². The van der Waals surface area contributed by atoms with Gasteiger partial charge in [-0.15, -0.1) is 0 Å². The first-order chi connectivity index (χ1) is 21.2. The fourth-order valence-corrected chi connectivity index (χ4v) is 7.28. The predicted octanol–water partition coefficient (Wildman–Crippen LogP) is 9.75. The highest BCUT2D eigenvalue weighted by atomic mass is 16.3. The van der Waals surface area contributed by atoms with Crippen LogP contribution in [0.3, 0.4) is 0 Å². The summed E-state index contributed by atoms with van der Waals surface area (Å²) in [7, 11) is 0. The van der Waals surface area contributed by atoms with Crippen molar-refractivity contribution in [2.24, 2.45) is 0 Å². The lowest BCUT2D eigenvalue weighted by Crippen LogP contribution is -2.37. The van der Waals surface area contributed by atoms with Crippen LogP contribution in [0.4, 0.5) is 11.6 Å². The number of anilines is 2. The van der Waals surface area contributed by atoms with Crippen molar-refractivity contribution in [3.63, 3.8) is 0 Å². The molecule has 2 aliphatic rings. The molecule has 1 aliphatic heterocycles. The minimum atomic E-state index is -0.430. The van der Waals surface area contributed by atoms with Crippen LogP contribution in [0.25, 0.3) is 44.8 Å². The third-order valence-corrected chi connectivity index (χ3v) is 9.23. The van der Waals surface area contributed by atoms with Crippen molar-refractivity contribution in [2.75, 3.05) is 4.90 Å². The van der Waals surface area contributed by atoms with E-state index in [4.69, 9.17) is 14.4 Å². The van der Waals surface area contributed by atoms with Gasteiger partial charge in [-0.25, -0.2) is 9.97 Å². The van der Waals surface area contributed by atoms with Gasteiger partial charge >= 0.3 is 0 Å². The van der Waals surface area contributed by atoms with Crippen LogP contribution in [-0.4, -0.2) is 9.97 Å². The van der Waals surface area contributed by atoms with Gasteiger partial charge in [-0.1, -0.05) is 115 Å².